The first-order valence-electron chi connectivity index (χ1n) is 10.2. The Morgan fingerprint density at radius 1 is 1.03 bits per heavy atom. The highest BCUT2D eigenvalue weighted by atomic mass is 14.9. The largest absolute Gasteiger partial charge is 0.358 e. The molecule has 1 aromatic heterocycles. The van der Waals surface area contributed by atoms with E-state index in [0.29, 0.717) is 11.4 Å². The van der Waals surface area contributed by atoms with E-state index in [1.165, 1.54) is 29.5 Å². The molecule has 0 bridgehead atoms. The standard InChI is InChI=1S/C26H27N3/c1-17-12-13-20(24-16-28-15-21-9-5-6-10-22(21)24)14-23(17)26(27)19(3)29-25-11-7-4-8-18(25)2/h5-6,9-10,12-16,27,29H,3-4,7-8,11H2,1-2H3. The summed E-state index contributed by atoms with van der Waals surface area (Å²) in [6.07, 6.45) is 8.42. The molecule has 146 valence electrons. The van der Waals surface area contributed by atoms with E-state index in [4.69, 9.17) is 5.41 Å². The zero-order chi connectivity index (χ0) is 20.4. The van der Waals surface area contributed by atoms with Crippen LogP contribution in [0.4, 0.5) is 0 Å². The van der Waals surface area contributed by atoms with Gasteiger partial charge in [-0.25, -0.2) is 0 Å². The molecule has 0 radical (unpaired) electrons. The first-order chi connectivity index (χ1) is 14.0. The van der Waals surface area contributed by atoms with Gasteiger partial charge in [-0.15, -0.1) is 0 Å². The number of rotatable bonds is 5. The summed E-state index contributed by atoms with van der Waals surface area (Å²) in [5.74, 6) is 0. The number of allylic oxidation sites excluding steroid dienone is 3. The first kappa shape index (κ1) is 19.1. The van der Waals surface area contributed by atoms with Crippen molar-refractivity contribution in [2.75, 3.05) is 0 Å². The maximum atomic E-state index is 8.78. The van der Waals surface area contributed by atoms with Crippen LogP contribution in [0.25, 0.3) is 21.9 Å². The van der Waals surface area contributed by atoms with Crippen molar-refractivity contribution in [2.45, 2.75) is 39.5 Å². The summed E-state index contributed by atoms with van der Waals surface area (Å²) in [6.45, 7) is 8.40. The van der Waals surface area contributed by atoms with Gasteiger partial charge in [-0.2, -0.15) is 0 Å². The predicted octanol–water partition coefficient (Wildman–Crippen LogP) is 6.53. The Labute approximate surface area is 172 Å². The number of aryl methyl sites for hydroxylation is 1. The van der Waals surface area contributed by atoms with Crippen LogP contribution >= 0.6 is 0 Å². The summed E-state index contributed by atoms with van der Waals surface area (Å²) < 4.78 is 0. The Kier molecular flexibility index (Phi) is 5.30. The Morgan fingerprint density at radius 3 is 2.66 bits per heavy atom. The summed E-state index contributed by atoms with van der Waals surface area (Å²) >= 11 is 0. The molecule has 1 aliphatic carbocycles. The minimum atomic E-state index is 0.448. The third-order valence-corrected chi connectivity index (χ3v) is 5.83. The average Bonchev–Trinajstić information content (AvgIpc) is 2.75. The second kappa shape index (κ2) is 8.04. The molecular formula is C26H27N3. The van der Waals surface area contributed by atoms with Crippen molar-refractivity contribution in [1.29, 1.82) is 5.41 Å². The van der Waals surface area contributed by atoms with E-state index < -0.39 is 0 Å². The summed E-state index contributed by atoms with van der Waals surface area (Å²) in [6, 6.07) is 14.6. The zero-order valence-corrected chi connectivity index (χ0v) is 17.2. The number of benzene rings is 2. The number of fused-ring (bicyclic) bond motifs is 1. The second-order valence-corrected chi connectivity index (χ2v) is 7.88. The third-order valence-electron chi connectivity index (χ3n) is 5.83. The van der Waals surface area contributed by atoms with Gasteiger partial charge in [0.05, 0.1) is 11.4 Å². The number of nitrogens with zero attached hydrogens (tertiary/aromatic N) is 1. The highest BCUT2D eigenvalue weighted by molar-refractivity contribution is 6.11. The number of aromatic nitrogens is 1. The normalized spacial score (nSPS) is 14.1. The molecule has 0 spiro atoms. The summed E-state index contributed by atoms with van der Waals surface area (Å²) in [5.41, 5.74) is 7.87. The minimum Gasteiger partial charge on any atom is -0.358 e. The molecule has 3 aromatic rings. The van der Waals surface area contributed by atoms with Crippen molar-refractivity contribution < 1.29 is 0 Å². The molecule has 2 aromatic carbocycles. The molecule has 0 atom stereocenters. The molecule has 1 aliphatic rings. The van der Waals surface area contributed by atoms with Gasteiger partial charge < -0.3 is 5.32 Å². The number of pyridine rings is 1. The Morgan fingerprint density at radius 2 is 1.83 bits per heavy atom. The van der Waals surface area contributed by atoms with Crippen LogP contribution in [-0.4, -0.2) is 10.7 Å². The highest BCUT2D eigenvalue weighted by Gasteiger charge is 2.15. The maximum absolute atomic E-state index is 8.78. The van der Waals surface area contributed by atoms with Crippen molar-refractivity contribution >= 4 is 16.5 Å². The molecule has 0 aliphatic heterocycles. The second-order valence-electron chi connectivity index (χ2n) is 7.88. The van der Waals surface area contributed by atoms with Gasteiger partial charge >= 0.3 is 0 Å². The van der Waals surface area contributed by atoms with Crippen molar-refractivity contribution in [3.63, 3.8) is 0 Å². The Hall–Kier alpha value is -3.20. The van der Waals surface area contributed by atoms with Crippen LogP contribution in [0.1, 0.15) is 43.7 Å². The van der Waals surface area contributed by atoms with Crippen molar-refractivity contribution in [3.05, 3.63) is 89.5 Å². The van der Waals surface area contributed by atoms with Gasteiger partial charge in [0.1, 0.15) is 0 Å². The number of hydrogen-bond acceptors (Lipinski definition) is 3. The van der Waals surface area contributed by atoms with Crippen LogP contribution in [0, 0.1) is 12.3 Å². The van der Waals surface area contributed by atoms with Crippen LogP contribution in [0.15, 0.2) is 78.4 Å². The lowest BCUT2D eigenvalue weighted by Gasteiger charge is -2.21. The van der Waals surface area contributed by atoms with Crippen LogP contribution in [0.3, 0.4) is 0 Å². The third kappa shape index (κ3) is 3.86. The van der Waals surface area contributed by atoms with Crippen molar-refractivity contribution in [3.8, 4) is 11.1 Å². The fourth-order valence-electron chi connectivity index (χ4n) is 4.04. The topological polar surface area (TPSA) is 48.8 Å². The number of nitrogens with one attached hydrogen (secondary N) is 2. The van der Waals surface area contributed by atoms with Crippen LogP contribution in [-0.2, 0) is 0 Å². The Balaban J connectivity index is 1.68. The molecule has 3 heteroatoms. The molecule has 0 saturated heterocycles. The molecule has 0 fully saturated rings. The lowest BCUT2D eigenvalue weighted by molar-refractivity contribution is 0.644. The zero-order valence-electron chi connectivity index (χ0n) is 17.2. The SMILES string of the molecule is C=C(NC1=C(C)CCCC1)C(=N)c1cc(-c2cncc3ccccc23)ccc1C. The molecule has 0 unspecified atom stereocenters. The first-order valence-corrected chi connectivity index (χ1v) is 10.2. The minimum absolute atomic E-state index is 0.448. The lowest BCUT2D eigenvalue weighted by atomic mass is 9.94. The fraction of sp³-hybridized carbons (Fsp3) is 0.231. The van der Waals surface area contributed by atoms with E-state index in [9.17, 15) is 0 Å². The predicted molar refractivity (Wildman–Crippen MR) is 122 cm³/mol. The van der Waals surface area contributed by atoms with Gasteiger partial charge in [-0.05, 0) is 62.1 Å². The van der Waals surface area contributed by atoms with E-state index in [1.54, 1.807) is 0 Å². The Bertz CT molecular complexity index is 1130. The molecule has 0 saturated carbocycles. The molecule has 2 N–H and O–H groups in total. The van der Waals surface area contributed by atoms with Crippen molar-refractivity contribution in [1.82, 2.24) is 10.3 Å². The van der Waals surface area contributed by atoms with Gasteiger partial charge in [0.25, 0.3) is 0 Å². The summed E-state index contributed by atoms with van der Waals surface area (Å²) in [4.78, 5) is 4.42. The smallest absolute Gasteiger partial charge is 0.0843 e. The van der Waals surface area contributed by atoms with Crippen molar-refractivity contribution in [2.24, 2.45) is 0 Å². The van der Waals surface area contributed by atoms with Crippen LogP contribution in [0.2, 0.25) is 0 Å². The van der Waals surface area contributed by atoms with Crippen LogP contribution < -0.4 is 5.32 Å². The molecule has 3 nitrogen and oxygen atoms in total. The van der Waals surface area contributed by atoms with Crippen LogP contribution in [0.5, 0.6) is 0 Å². The molecule has 0 amide bonds. The molecule has 29 heavy (non-hydrogen) atoms. The molecule has 4 rings (SSSR count). The van der Waals surface area contributed by atoms with E-state index in [1.807, 2.05) is 25.4 Å². The quantitative estimate of drug-likeness (QED) is 0.494. The van der Waals surface area contributed by atoms with E-state index in [0.717, 1.165) is 40.5 Å². The van der Waals surface area contributed by atoms with E-state index >= 15 is 0 Å². The molecule has 1 heterocycles. The van der Waals surface area contributed by atoms with Gasteiger partial charge in [-0.3, -0.25) is 10.4 Å². The maximum Gasteiger partial charge on any atom is 0.0843 e. The fourth-order valence-corrected chi connectivity index (χ4v) is 4.04. The lowest BCUT2D eigenvalue weighted by Crippen LogP contribution is -2.22. The van der Waals surface area contributed by atoms with E-state index in [-0.39, 0.29) is 0 Å². The number of hydrogen-bond donors (Lipinski definition) is 2. The summed E-state index contributed by atoms with van der Waals surface area (Å²) in [5, 5.41) is 14.5. The van der Waals surface area contributed by atoms with E-state index in [2.05, 4.69) is 60.2 Å². The molecular weight excluding hydrogens is 354 g/mol. The monoisotopic (exact) mass is 381 g/mol. The summed E-state index contributed by atoms with van der Waals surface area (Å²) in [7, 11) is 0. The van der Waals surface area contributed by atoms with Gasteiger partial charge in [-0.1, -0.05) is 48.6 Å². The van der Waals surface area contributed by atoms with Gasteiger partial charge in [0.15, 0.2) is 0 Å². The average molecular weight is 382 g/mol. The van der Waals surface area contributed by atoms with Gasteiger partial charge in [0, 0.05) is 34.6 Å². The highest BCUT2D eigenvalue weighted by Crippen LogP contribution is 2.30. The van der Waals surface area contributed by atoms with Gasteiger partial charge in [0.2, 0.25) is 0 Å².